The molecule has 0 saturated carbocycles. The molecule has 104 valence electrons. The van der Waals surface area contributed by atoms with E-state index in [1.807, 2.05) is 0 Å². The van der Waals surface area contributed by atoms with Crippen molar-refractivity contribution >= 4 is 26.9 Å². The van der Waals surface area contributed by atoms with Gasteiger partial charge in [0.05, 0.1) is 27.8 Å². The summed E-state index contributed by atoms with van der Waals surface area (Å²) in [6, 6.07) is 4.25. The zero-order chi connectivity index (χ0) is 14.0. The summed E-state index contributed by atoms with van der Waals surface area (Å²) >= 11 is 0. The number of nitro groups is 1. The summed E-state index contributed by atoms with van der Waals surface area (Å²) in [7, 11) is -2.90. The highest BCUT2D eigenvalue weighted by Gasteiger charge is 2.24. The number of benzene rings is 1. The normalized spacial score (nSPS) is 18.9. The van der Waals surface area contributed by atoms with Gasteiger partial charge in [-0.05, 0) is 18.9 Å². The largest absolute Gasteiger partial charge is 0.397 e. The van der Waals surface area contributed by atoms with E-state index in [9.17, 15) is 18.5 Å². The molecule has 0 amide bonds. The Labute approximate surface area is 110 Å². The highest BCUT2D eigenvalue weighted by Crippen LogP contribution is 2.26. The van der Waals surface area contributed by atoms with Crippen molar-refractivity contribution < 1.29 is 13.3 Å². The van der Waals surface area contributed by atoms with Gasteiger partial charge in [-0.15, -0.1) is 0 Å². The van der Waals surface area contributed by atoms with Gasteiger partial charge in [0.1, 0.15) is 9.84 Å². The van der Waals surface area contributed by atoms with Crippen molar-refractivity contribution in [2.24, 2.45) is 0 Å². The molecule has 1 aromatic carbocycles. The lowest BCUT2D eigenvalue weighted by molar-refractivity contribution is -0.384. The number of nitrogens with zero attached hydrogens (tertiary/aromatic N) is 1. The van der Waals surface area contributed by atoms with Crippen molar-refractivity contribution in [1.82, 2.24) is 0 Å². The first-order valence-corrected chi connectivity index (χ1v) is 7.70. The van der Waals surface area contributed by atoms with E-state index in [4.69, 9.17) is 5.73 Å². The topological polar surface area (TPSA) is 115 Å². The Hall–Kier alpha value is -1.83. The summed E-state index contributed by atoms with van der Waals surface area (Å²) in [6.07, 6.45) is 1.05. The van der Waals surface area contributed by atoms with E-state index in [2.05, 4.69) is 5.32 Å². The summed E-state index contributed by atoms with van der Waals surface area (Å²) in [4.78, 5) is 10.1. The van der Waals surface area contributed by atoms with Gasteiger partial charge in [-0.3, -0.25) is 10.1 Å². The fourth-order valence-corrected chi connectivity index (χ4v) is 3.54. The van der Waals surface area contributed by atoms with E-state index in [-0.39, 0.29) is 23.2 Å². The second kappa shape index (κ2) is 5.04. The number of non-ortho nitro benzene ring substituents is 1. The minimum absolute atomic E-state index is 0.0345. The maximum atomic E-state index is 11.3. The van der Waals surface area contributed by atoms with Gasteiger partial charge in [0.15, 0.2) is 0 Å². The first-order chi connectivity index (χ1) is 8.87. The molecule has 1 aliphatic heterocycles. The van der Waals surface area contributed by atoms with Crippen LogP contribution in [-0.4, -0.2) is 30.9 Å². The van der Waals surface area contributed by atoms with E-state index in [1.54, 1.807) is 6.07 Å². The summed E-state index contributed by atoms with van der Waals surface area (Å²) in [5, 5.41) is 13.7. The molecule has 1 fully saturated rings. The quantitative estimate of drug-likeness (QED) is 0.489. The van der Waals surface area contributed by atoms with Crippen LogP contribution in [0.25, 0.3) is 0 Å². The SMILES string of the molecule is Nc1cc([N+](=O)[O-])ccc1NC1CCS(=O)(=O)CC1. The van der Waals surface area contributed by atoms with Gasteiger partial charge in [-0.25, -0.2) is 8.42 Å². The van der Waals surface area contributed by atoms with Crippen molar-refractivity contribution in [3.8, 4) is 0 Å². The number of hydrogen-bond donors (Lipinski definition) is 2. The third kappa shape index (κ3) is 3.34. The Balaban J connectivity index is 2.06. The van der Waals surface area contributed by atoms with E-state index in [0.29, 0.717) is 24.2 Å². The Kier molecular flexibility index (Phi) is 3.61. The lowest BCUT2D eigenvalue weighted by Gasteiger charge is -2.24. The van der Waals surface area contributed by atoms with Gasteiger partial charge < -0.3 is 11.1 Å². The summed E-state index contributed by atoms with van der Waals surface area (Å²) < 4.78 is 22.6. The molecule has 0 spiro atoms. The lowest BCUT2D eigenvalue weighted by atomic mass is 10.1. The van der Waals surface area contributed by atoms with Gasteiger partial charge in [0, 0.05) is 18.2 Å². The molecule has 1 saturated heterocycles. The van der Waals surface area contributed by atoms with Crippen LogP contribution in [0.5, 0.6) is 0 Å². The van der Waals surface area contributed by atoms with Crippen LogP contribution >= 0.6 is 0 Å². The fraction of sp³-hybridized carbons (Fsp3) is 0.455. The van der Waals surface area contributed by atoms with Crippen LogP contribution in [0.3, 0.4) is 0 Å². The zero-order valence-corrected chi connectivity index (χ0v) is 11.0. The molecule has 0 aromatic heterocycles. The number of nitrogen functional groups attached to an aromatic ring is 1. The van der Waals surface area contributed by atoms with E-state index in [1.165, 1.54) is 12.1 Å². The third-order valence-electron chi connectivity index (χ3n) is 3.16. The molecule has 7 nitrogen and oxygen atoms in total. The molecule has 0 atom stereocenters. The van der Waals surface area contributed by atoms with Gasteiger partial charge in [-0.1, -0.05) is 0 Å². The minimum atomic E-state index is -2.90. The van der Waals surface area contributed by atoms with Crippen molar-refractivity contribution in [3.63, 3.8) is 0 Å². The Morgan fingerprint density at radius 2 is 1.95 bits per heavy atom. The van der Waals surface area contributed by atoms with Gasteiger partial charge in [0.2, 0.25) is 0 Å². The van der Waals surface area contributed by atoms with E-state index >= 15 is 0 Å². The third-order valence-corrected chi connectivity index (χ3v) is 4.88. The van der Waals surface area contributed by atoms with Gasteiger partial charge >= 0.3 is 0 Å². The Bertz CT molecular complexity index is 586. The summed E-state index contributed by atoms with van der Waals surface area (Å²) in [5.41, 5.74) is 6.58. The second-order valence-corrected chi connectivity index (χ2v) is 6.90. The standard InChI is InChI=1S/C11H15N3O4S/c12-10-7-9(14(15)16)1-2-11(10)13-8-3-5-19(17,18)6-4-8/h1-2,7-8,13H,3-6,12H2. The summed E-state index contributed by atoms with van der Waals surface area (Å²) in [6.45, 7) is 0. The van der Waals surface area contributed by atoms with Crippen LogP contribution in [-0.2, 0) is 9.84 Å². The molecule has 0 aliphatic carbocycles. The molecule has 0 unspecified atom stereocenters. The average molecular weight is 285 g/mol. The number of nitrogens with one attached hydrogen (secondary N) is 1. The van der Waals surface area contributed by atoms with Crippen LogP contribution in [0.1, 0.15) is 12.8 Å². The van der Waals surface area contributed by atoms with Crippen molar-refractivity contribution in [2.45, 2.75) is 18.9 Å². The predicted molar refractivity (Wildman–Crippen MR) is 72.8 cm³/mol. The Morgan fingerprint density at radius 3 is 2.47 bits per heavy atom. The van der Waals surface area contributed by atoms with Crippen molar-refractivity contribution in [1.29, 1.82) is 0 Å². The number of rotatable bonds is 3. The van der Waals surface area contributed by atoms with E-state index in [0.717, 1.165) is 0 Å². The molecule has 0 bridgehead atoms. The van der Waals surface area contributed by atoms with Gasteiger partial charge in [0.25, 0.3) is 5.69 Å². The lowest BCUT2D eigenvalue weighted by Crippen LogP contribution is -2.32. The molecule has 2 rings (SSSR count). The molecule has 8 heteroatoms. The highest BCUT2D eigenvalue weighted by molar-refractivity contribution is 7.91. The number of hydrogen-bond acceptors (Lipinski definition) is 6. The van der Waals surface area contributed by atoms with Gasteiger partial charge in [-0.2, -0.15) is 0 Å². The first kappa shape index (κ1) is 13.6. The van der Waals surface area contributed by atoms with Crippen molar-refractivity contribution in [2.75, 3.05) is 22.6 Å². The number of sulfone groups is 1. The molecular weight excluding hydrogens is 270 g/mol. The maximum Gasteiger partial charge on any atom is 0.271 e. The minimum Gasteiger partial charge on any atom is -0.397 e. The van der Waals surface area contributed by atoms with E-state index < -0.39 is 14.8 Å². The van der Waals surface area contributed by atoms with Crippen LogP contribution in [0.4, 0.5) is 17.1 Å². The molecule has 1 aromatic rings. The molecule has 1 heterocycles. The fourth-order valence-electron chi connectivity index (χ4n) is 2.05. The average Bonchev–Trinajstić information content (AvgIpc) is 2.34. The van der Waals surface area contributed by atoms with Crippen molar-refractivity contribution in [3.05, 3.63) is 28.3 Å². The second-order valence-electron chi connectivity index (χ2n) is 4.60. The van der Waals surface area contributed by atoms with Crippen LogP contribution in [0.2, 0.25) is 0 Å². The predicted octanol–water partition coefficient (Wildman–Crippen LogP) is 1.17. The number of nitro benzene ring substituents is 1. The molecule has 1 aliphatic rings. The highest BCUT2D eigenvalue weighted by atomic mass is 32.2. The smallest absolute Gasteiger partial charge is 0.271 e. The van der Waals surface area contributed by atoms with Crippen LogP contribution in [0, 0.1) is 10.1 Å². The monoisotopic (exact) mass is 285 g/mol. The molecule has 3 N–H and O–H groups in total. The number of nitrogens with two attached hydrogens (primary N) is 1. The Morgan fingerprint density at radius 1 is 1.32 bits per heavy atom. The molecular formula is C11H15N3O4S. The zero-order valence-electron chi connectivity index (χ0n) is 10.2. The van der Waals surface area contributed by atoms with Crippen LogP contribution in [0.15, 0.2) is 18.2 Å². The molecule has 19 heavy (non-hydrogen) atoms. The maximum absolute atomic E-state index is 11.3. The van der Waals surface area contributed by atoms with Crippen LogP contribution < -0.4 is 11.1 Å². The first-order valence-electron chi connectivity index (χ1n) is 5.88. The number of anilines is 2. The summed E-state index contributed by atoms with van der Waals surface area (Å²) in [5.74, 6) is 0.328. The molecule has 0 radical (unpaired) electrons.